The highest BCUT2D eigenvalue weighted by molar-refractivity contribution is 6.42. The van der Waals surface area contributed by atoms with Gasteiger partial charge in [-0.15, -0.1) is 0 Å². The minimum atomic E-state index is -0.399. The van der Waals surface area contributed by atoms with E-state index in [-0.39, 0.29) is 11.4 Å². The molecular formula is C11H10Cl2O3. The van der Waals surface area contributed by atoms with Crippen LogP contribution in [0.2, 0.25) is 10.0 Å². The first-order valence-electron chi connectivity index (χ1n) is 4.67. The van der Waals surface area contributed by atoms with Crippen molar-refractivity contribution in [1.29, 1.82) is 0 Å². The van der Waals surface area contributed by atoms with Gasteiger partial charge in [0.1, 0.15) is 6.29 Å². The summed E-state index contributed by atoms with van der Waals surface area (Å²) in [5, 5.41) is 0.600. The second kappa shape index (κ2) is 5.87. The molecule has 0 saturated heterocycles. The van der Waals surface area contributed by atoms with Gasteiger partial charge in [0.05, 0.1) is 23.1 Å². The molecule has 1 rings (SSSR count). The van der Waals surface area contributed by atoms with Gasteiger partial charge in [-0.05, 0) is 24.6 Å². The molecule has 3 nitrogen and oxygen atoms in total. The Labute approximate surface area is 103 Å². The highest BCUT2D eigenvalue weighted by Gasteiger charge is 2.11. The fraction of sp³-hybridized carbons (Fsp3) is 0.273. The van der Waals surface area contributed by atoms with Crippen LogP contribution in [-0.4, -0.2) is 18.9 Å². The van der Waals surface area contributed by atoms with Crippen molar-refractivity contribution in [2.24, 2.45) is 0 Å². The summed E-state index contributed by atoms with van der Waals surface area (Å²) >= 11 is 11.6. The average molecular weight is 261 g/mol. The second-order valence-corrected chi connectivity index (χ2v) is 3.88. The minimum Gasteiger partial charge on any atom is -0.466 e. The number of hydrogen-bond donors (Lipinski definition) is 0. The summed E-state index contributed by atoms with van der Waals surface area (Å²) in [6.07, 6.45) is 0.648. The maximum atomic E-state index is 11.3. The van der Waals surface area contributed by atoms with E-state index in [1.807, 2.05) is 0 Å². The molecule has 0 aliphatic heterocycles. The van der Waals surface area contributed by atoms with Gasteiger partial charge in [-0.25, -0.2) is 0 Å². The summed E-state index contributed by atoms with van der Waals surface area (Å²) in [5.41, 5.74) is 0.866. The van der Waals surface area contributed by atoms with Crippen molar-refractivity contribution in [1.82, 2.24) is 0 Å². The molecule has 0 heterocycles. The third-order valence-electron chi connectivity index (χ3n) is 1.95. The van der Waals surface area contributed by atoms with Crippen molar-refractivity contribution >= 4 is 35.5 Å². The zero-order valence-corrected chi connectivity index (χ0v) is 10.1. The van der Waals surface area contributed by atoms with Crippen molar-refractivity contribution in [2.45, 2.75) is 13.3 Å². The summed E-state index contributed by atoms with van der Waals surface area (Å²) in [6, 6.07) is 2.94. The van der Waals surface area contributed by atoms with Crippen molar-refractivity contribution in [3.63, 3.8) is 0 Å². The van der Waals surface area contributed by atoms with Crippen LogP contribution in [0.15, 0.2) is 12.1 Å². The molecule has 86 valence electrons. The maximum absolute atomic E-state index is 11.3. The van der Waals surface area contributed by atoms with Crippen molar-refractivity contribution < 1.29 is 14.3 Å². The van der Waals surface area contributed by atoms with E-state index >= 15 is 0 Å². The molecule has 16 heavy (non-hydrogen) atoms. The van der Waals surface area contributed by atoms with Gasteiger partial charge < -0.3 is 4.74 Å². The fourth-order valence-electron chi connectivity index (χ4n) is 1.23. The lowest BCUT2D eigenvalue weighted by Gasteiger charge is -2.06. The Morgan fingerprint density at radius 2 is 2.00 bits per heavy atom. The van der Waals surface area contributed by atoms with Gasteiger partial charge >= 0.3 is 5.97 Å². The molecule has 0 radical (unpaired) electrons. The summed E-state index contributed by atoms with van der Waals surface area (Å²) < 4.78 is 4.78. The molecule has 0 saturated carbocycles. The predicted molar refractivity (Wildman–Crippen MR) is 62.2 cm³/mol. The first-order valence-corrected chi connectivity index (χ1v) is 5.42. The number of carbonyl (C=O) groups excluding carboxylic acids is 2. The smallest absolute Gasteiger partial charge is 0.310 e. The van der Waals surface area contributed by atoms with Gasteiger partial charge in [0, 0.05) is 5.56 Å². The summed E-state index contributed by atoms with van der Waals surface area (Å²) in [4.78, 5) is 22.0. The second-order valence-electron chi connectivity index (χ2n) is 3.06. The van der Waals surface area contributed by atoms with E-state index in [2.05, 4.69) is 0 Å². The minimum absolute atomic E-state index is 0.0127. The van der Waals surface area contributed by atoms with Gasteiger partial charge in [0.15, 0.2) is 0 Å². The number of esters is 1. The third kappa shape index (κ3) is 3.22. The number of hydrogen-bond acceptors (Lipinski definition) is 3. The Kier molecular flexibility index (Phi) is 4.77. The highest BCUT2D eigenvalue weighted by Crippen LogP contribution is 2.25. The molecule has 0 fully saturated rings. The lowest BCUT2D eigenvalue weighted by Crippen LogP contribution is -2.09. The molecule has 0 spiro atoms. The largest absolute Gasteiger partial charge is 0.466 e. The molecule has 0 aromatic heterocycles. The topological polar surface area (TPSA) is 43.4 Å². The van der Waals surface area contributed by atoms with E-state index in [9.17, 15) is 9.59 Å². The summed E-state index contributed by atoms with van der Waals surface area (Å²) in [6.45, 7) is 2.02. The van der Waals surface area contributed by atoms with Crippen LogP contribution in [0.3, 0.4) is 0 Å². The number of rotatable bonds is 4. The molecule has 1 aromatic carbocycles. The number of carbonyl (C=O) groups is 2. The highest BCUT2D eigenvalue weighted by atomic mass is 35.5. The Morgan fingerprint density at radius 1 is 1.38 bits per heavy atom. The van der Waals surface area contributed by atoms with Crippen LogP contribution >= 0.6 is 23.2 Å². The maximum Gasteiger partial charge on any atom is 0.310 e. The lowest BCUT2D eigenvalue weighted by atomic mass is 10.1. The van der Waals surface area contributed by atoms with E-state index < -0.39 is 5.97 Å². The molecule has 0 atom stereocenters. The van der Waals surface area contributed by atoms with Crippen molar-refractivity contribution in [3.05, 3.63) is 33.3 Å². The first kappa shape index (κ1) is 13.0. The van der Waals surface area contributed by atoms with Crippen LogP contribution in [0.25, 0.3) is 0 Å². The quantitative estimate of drug-likeness (QED) is 0.618. The number of aldehydes is 1. The molecule has 0 amide bonds. The number of benzene rings is 1. The van der Waals surface area contributed by atoms with Crippen LogP contribution in [-0.2, 0) is 16.0 Å². The molecule has 1 aromatic rings. The Balaban J connectivity index is 2.98. The zero-order chi connectivity index (χ0) is 12.1. The standard InChI is InChI=1S/C11H10Cl2O3/c1-2-16-11(15)5-7-3-9(12)10(13)4-8(7)6-14/h3-4,6H,2,5H2,1H3. The van der Waals surface area contributed by atoms with Gasteiger partial charge in [-0.3, -0.25) is 9.59 Å². The normalized spacial score (nSPS) is 9.94. The monoisotopic (exact) mass is 260 g/mol. The SMILES string of the molecule is CCOC(=O)Cc1cc(Cl)c(Cl)cc1C=O. The molecular weight excluding hydrogens is 251 g/mol. The molecule has 0 N–H and O–H groups in total. The Hall–Kier alpha value is -1.06. The Bertz CT molecular complexity index is 416. The van der Waals surface area contributed by atoms with Crippen LogP contribution in [0.5, 0.6) is 0 Å². The van der Waals surface area contributed by atoms with Gasteiger partial charge in [-0.1, -0.05) is 23.2 Å². The van der Waals surface area contributed by atoms with Crippen molar-refractivity contribution in [3.8, 4) is 0 Å². The zero-order valence-electron chi connectivity index (χ0n) is 8.63. The van der Waals surface area contributed by atoms with E-state index in [1.165, 1.54) is 12.1 Å². The number of ether oxygens (including phenoxy) is 1. The summed E-state index contributed by atoms with van der Waals surface area (Å²) in [7, 11) is 0. The molecule has 0 bridgehead atoms. The van der Waals surface area contributed by atoms with E-state index in [0.717, 1.165) is 0 Å². The van der Waals surface area contributed by atoms with Crippen molar-refractivity contribution in [2.75, 3.05) is 6.61 Å². The average Bonchev–Trinajstić information content (AvgIpc) is 2.23. The van der Waals surface area contributed by atoms with E-state index in [0.29, 0.717) is 29.0 Å². The predicted octanol–water partition coefficient (Wildman–Crippen LogP) is 2.91. The molecule has 0 aliphatic rings. The number of halogens is 2. The fourth-order valence-corrected chi connectivity index (χ4v) is 1.59. The summed E-state index contributed by atoms with van der Waals surface area (Å²) in [5.74, 6) is -0.399. The van der Waals surface area contributed by atoms with E-state index in [4.69, 9.17) is 27.9 Å². The third-order valence-corrected chi connectivity index (χ3v) is 2.67. The van der Waals surface area contributed by atoms with Gasteiger partial charge in [0.2, 0.25) is 0 Å². The molecule has 5 heteroatoms. The Morgan fingerprint density at radius 3 is 2.56 bits per heavy atom. The van der Waals surface area contributed by atoms with Gasteiger partial charge in [0.25, 0.3) is 0 Å². The molecule has 0 unspecified atom stereocenters. The first-order chi connectivity index (χ1) is 7.58. The molecule has 0 aliphatic carbocycles. The van der Waals surface area contributed by atoms with Crippen LogP contribution in [0.4, 0.5) is 0 Å². The van der Waals surface area contributed by atoms with Crippen LogP contribution in [0, 0.1) is 0 Å². The lowest BCUT2D eigenvalue weighted by molar-refractivity contribution is -0.142. The van der Waals surface area contributed by atoms with Crippen LogP contribution < -0.4 is 0 Å². The van der Waals surface area contributed by atoms with Crippen LogP contribution in [0.1, 0.15) is 22.8 Å². The van der Waals surface area contributed by atoms with E-state index in [1.54, 1.807) is 6.92 Å². The van der Waals surface area contributed by atoms with Gasteiger partial charge in [-0.2, -0.15) is 0 Å².